The van der Waals surface area contributed by atoms with Crippen molar-refractivity contribution in [1.29, 1.82) is 0 Å². The molecule has 0 aromatic heterocycles. The van der Waals surface area contributed by atoms with Gasteiger partial charge in [0, 0.05) is 15.7 Å². The molecule has 14 heteroatoms. The molecule has 1 atom stereocenters. The number of carbonyl (C=O) groups excluding carboxylic acids is 1. The first-order chi connectivity index (χ1) is 17.3. The molecule has 0 radical (unpaired) electrons. The summed E-state index contributed by atoms with van der Waals surface area (Å²) in [5.41, 5.74) is 5.17. The van der Waals surface area contributed by atoms with E-state index in [0.717, 1.165) is 12.1 Å². The minimum absolute atomic E-state index is 0.0178. The number of hydrogen-bond acceptors (Lipinski definition) is 7. The Morgan fingerprint density at radius 1 is 1.08 bits per heavy atom. The number of sulfone groups is 1. The third-order valence-electron chi connectivity index (χ3n) is 5.47. The average molecular weight is 663 g/mol. The summed E-state index contributed by atoms with van der Waals surface area (Å²) >= 11 is 1.92. The van der Waals surface area contributed by atoms with Crippen LogP contribution in [0.2, 0.25) is 0 Å². The Balaban J connectivity index is 1.63. The van der Waals surface area contributed by atoms with Gasteiger partial charge >= 0.3 is 0 Å². The van der Waals surface area contributed by atoms with Crippen molar-refractivity contribution in [3.63, 3.8) is 0 Å². The molecule has 0 bridgehead atoms. The van der Waals surface area contributed by atoms with E-state index in [1.807, 2.05) is 22.6 Å². The van der Waals surface area contributed by atoms with Crippen LogP contribution in [0.1, 0.15) is 16.8 Å². The van der Waals surface area contributed by atoms with Crippen molar-refractivity contribution in [2.45, 2.75) is 11.7 Å². The van der Waals surface area contributed by atoms with Crippen LogP contribution in [-0.2, 0) is 19.9 Å². The number of rotatable bonds is 8. The van der Waals surface area contributed by atoms with E-state index in [9.17, 15) is 30.4 Å². The van der Waals surface area contributed by atoms with E-state index in [2.05, 4.69) is 10.0 Å². The Labute approximate surface area is 225 Å². The fourth-order valence-electron chi connectivity index (χ4n) is 3.75. The molecular formula is C23H20F2IN3O6S2. The Bertz CT molecular complexity index is 1600. The number of halogens is 3. The van der Waals surface area contributed by atoms with Crippen LogP contribution in [0.3, 0.4) is 0 Å². The zero-order chi connectivity index (χ0) is 27.0. The number of anilines is 3. The molecule has 0 aliphatic carbocycles. The first kappa shape index (κ1) is 27.1. The lowest BCUT2D eigenvalue weighted by Crippen LogP contribution is -2.28. The molecule has 37 heavy (non-hydrogen) atoms. The maximum Gasteiger partial charge on any atom is 0.254 e. The van der Waals surface area contributed by atoms with E-state index < -0.39 is 48.4 Å². The quantitative estimate of drug-likeness (QED) is 0.308. The minimum atomic E-state index is -4.02. The van der Waals surface area contributed by atoms with Gasteiger partial charge in [-0.15, -0.1) is 0 Å². The molecule has 0 saturated carbocycles. The Morgan fingerprint density at radius 3 is 2.49 bits per heavy atom. The first-order valence-electron chi connectivity index (χ1n) is 10.7. The van der Waals surface area contributed by atoms with Crippen molar-refractivity contribution in [2.75, 3.05) is 21.5 Å². The summed E-state index contributed by atoms with van der Waals surface area (Å²) in [5.74, 6) is -3.37. The predicted molar refractivity (Wildman–Crippen MR) is 143 cm³/mol. The summed E-state index contributed by atoms with van der Waals surface area (Å²) in [6.45, 7) is 0. The topological polar surface area (TPSA) is 145 Å². The summed E-state index contributed by atoms with van der Waals surface area (Å²) in [6.07, 6.45) is -0.0178. The highest BCUT2D eigenvalue weighted by Gasteiger charge is 2.37. The third kappa shape index (κ3) is 6.48. The van der Waals surface area contributed by atoms with Crippen molar-refractivity contribution >= 4 is 65.4 Å². The van der Waals surface area contributed by atoms with Crippen molar-refractivity contribution in [3.8, 4) is 11.5 Å². The van der Waals surface area contributed by atoms with Gasteiger partial charge in [-0.3, -0.25) is 9.52 Å². The van der Waals surface area contributed by atoms with Crippen molar-refractivity contribution in [2.24, 2.45) is 5.73 Å². The van der Waals surface area contributed by atoms with Crippen LogP contribution in [0.25, 0.3) is 0 Å². The molecule has 1 saturated heterocycles. The molecular weight excluding hydrogens is 643 g/mol. The van der Waals surface area contributed by atoms with Crippen LogP contribution in [0, 0.1) is 15.2 Å². The van der Waals surface area contributed by atoms with Crippen molar-refractivity contribution in [1.82, 2.24) is 0 Å². The number of benzene rings is 3. The number of ether oxygens (including phenoxy) is 1. The predicted octanol–water partition coefficient (Wildman–Crippen LogP) is 4.13. The highest BCUT2D eigenvalue weighted by atomic mass is 127. The molecule has 3 aromatic carbocycles. The van der Waals surface area contributed by atoms with Gasteiger partial charge in [0.1, 0.15) is 28.7 Å². The second-order valence-corrected chi connectivity index (χ2v) is 13.7. The van der Waals surface area contributed by atoms with Crippen LogP contribution in [0.15, 0.2) is 54.6 Å². The maximum absolute atomic E-state index is 14.5. The maximum atomic E-state index is 14.5. The fraction of sp³-hybridized carbons (Fsp3) is 0.174. The van der Waals surface area contributed by atoms with Gasteiger partial charge < -0.3 is 15.8 Å². The molecule has 0 spiro atoms. The monoisotopic (exact) mass is 663 g/mol. The van der Waals surface area contributed by atoms with Gasteiger partial charge in [0.2, 0.25) is 10.0 Å². The van der Waals surface area contributed by atoms with Gasteiger partial charge in [-0.25, -0.2) is 25.6 Å². The molecule has 1 fully saturated rings. The number of nitrogens with two attached hydrogens (primary N) is 1. The van der Waals surface area contributed by atoms with E-state index in [0.29, 0.717) is 3.57 Å². The van der Waals surface area contributed by atoms with Gasteiger partial charge in [0.25, 0.3) is 5.91 Å². The Hall–Kier alpha value is -2.98. The number of amides is 1. The summed E-state index contributed by atoms with van der Waals surface area (Å²) in [5, 5.41) is 1.56. The SMILES string of the molecule is NC(=O)c1c(Nc2ccc(I)cc2F)cc(F)cc1Oc1cccc(NS(=O)(=O)C2CCS(=O)(=O)C2)c1. The van der Waals surface area contributed by atoms with Crippen molar-refractivity contribution in [3.05, 3.63) is 75.4 Å². The largest absolute Gasteiger partial charge is 0.456 e. The molecule has 1 amide bonds. The number of sulfonamides is 1. The zero-order valence-electron chi connectivity index (χ0n) is 18.9. The lowest BCUT2D eigenvalue weighted by Gasteiger charge is -2.17. The van der Waals surface area contributed by atoms with E-state index in [-0.39, 0.29) is 46.3 Å². The van der Waals surface area contributed by atoms with Gasteiger partial charge in [-0.2, -0.15) is 0 Å². The van der Waals surface area contributed by atoms with E-state index >= 15 is 0 Å². The van der Waals surface area contributed by atoms with Crippen molar-refractivity contribution < 1.29 is 35.1 Å². The van der Waals surface area contributed by atoms with Gasteiger partial charge in [-0.1, -0.05) is 6.07 Å². The summed E-state index contributed by atoms with van der Waals surface area (Å²) in [7, 11) is -7.44. The van der Waals surface area contributed by atoms with E-state index in [1.165, 1.54) is 36.4 Å². The third-order valence-corrected chi connectivity index (χ3v) is 9.92. The average Bonchev–Trinajstić information content (AvgIpc) is 3.16. The molecule has 1 aliphatic heterocycles. The lowest BCUT2D eigenvalue weighted by atomic mass is 10.1. The van der Waals surface area contributed by atoms with Crippen LogP contribution >= 0.6 is 22.6 Å². The molecule has 4 rings (SSSR count). The Kier molecular flexibility index (Phi) is 7.62. The standard InChI is InChI=1S/C23H20F2IN3O6S2/c24-13-8-20(28-19-5-4-14(26)10-18(19)25)22(23(27)30)21(9-13)35-16-3-1-2-15(11-16)29-37(33,34)17-6-7-36(31,32)12-17/h1-5,8-11,17,28-29H,6-7,12H2,(H2,27,30). The minimum Gasteiger partial charge on any atom is -0.456 e. The molecule has 1 unspecified atom stereocenters. The number of carbonyl (C=O) groups is 1. The van der Waals surface area contributed by atoms with Crippen LogP contribution < -0.4 is 20.5 Å². The zero-order valence-corrected chi connectivity index (χ0v) is 22.7. The van der Waals surface area contributed by atoms with Crippen LogP contribution in [0.5, 0.6) is 11.5 Å². The molecule has 3 aromatic rings. The van der Waals surface area contributed by atoms with Crippen LogP contribution in [0.4, 0.5) is 25.8 Å². The lowest BCUT2D eigenvalue weighted by molar-refractivity contribution is 0.0999. The number of primary amides is 1. The fourth-order valence-corrected chi connectivity index (χ4v) is 8.29. The van der Waals surface area contributed by atoms with Crippen LogP contribution in [-0.4, -0.2) is 39.5 Å². The summed E-state index contributed by atoms with van der Waals surface area (Å²) < 4.78 is 86.1. The number of hydrogen-bond donors (Lipinski definition) is 3. The van der Waals surface area contributed by atoms with Gasteiger partial charge in [0.15, 0.2) is 9.84 Å². The first-order valence-corrected chi connectivity index (χ1v) is 15.1. The summed E-state index contributed by atoms with van der Waals surface area (Å²) in [4.78, 5) is 12.3. The molecule has 196 valence electrons. The molecule has 1 heterocycles. The number of nitrogens with one attached hydrogen (secondary N) is 2. The van der Waals surface area contributed by atoms with Gasteiger partial charge in [0.05, 0.1) is 33.8 Å². The highest BCUT2D eigenvalue weighted by Crippen LogP contribution is 2.35. The normalized spacial score (nSPS) is 16.8. The second kappa shape index (κ2) is 10.4. The molecule has 1 aliphatic rings. The van der Waals surface area contributed by atoms with Gasteiger partial charge in [-0.05, 0) is 65.4 Å². The second-order valence-electron chi connectivity index (χ2n) is 8.24. The summed E-state index contributed by atoms with van der Waals surface area (Å²) in [6, 6.07) is 11.7. The molecule has 4 N–H and O–H groups in total. The highest BCUT2D eigenvalue weighted by molar-refractivity contribution is 14.1. The van der Waals surface area contributed by atoms with E-state index in [1.54, 1.807) is 6.07 Å². The van der Waals surface area contributed by atoms with E-state index in [4.69, 9.17) is 10.5 Å². The molecule has 9 nitrogen and oxygen atoms in total. The smallest absolute Gasteiger partial charge is 0.254 e. The Morgan fingerprint density at radius 2 is 1.84 bits per heavy atom.